The molecule has 0 aliphatic carbocycles. The molecule has 2 aromatic carbocycles. The minimum atomic E-state index is 1.20. The van der Waals surface area contributed by atoms with Gasteiger partial charge in [0.25, 0.3) is 0 Å². The van der Waals surface area contributed by atoms with Gasteiger partial charge in [0.2, 0.25) is 0 Å². The molecule has 0 bridgehead atoms. The number of hydrogen-bond acceptors (Lipinski definition) is 2. The number of aromatic nitrogens is 1. The standard InChI is InChI=1S/C17H16N2/c1-19(2)17-6-5-15-11-14(3-4-16(15)12-17)13-7-9-18-10-8-13/h3-12H,1-2H3. The van der Waals surface area contributed by atoms with E-state index in [1.165, 1.54) is 27.6 Å². The third-order valence-electron chi connectivity index (χ3n) is 3.35. The lowest BCUT2D eigenvalue weighted by Crippen LogP contribution is -2.07. The number of pyridine rings is 1. The van der Waals surface area contributed by atoms with E-state index >= 15 is 0 Å². The summed E-state index contributed by atoms with van der Waals surface area (Å²) in [4.78, 5) is 6.18. The van der Waals surface area contributed by atoms with Crippen molar-refractivity contribution in [2.45, 2.75) is 0 Å². The third kappa shape index (κ3) is 2.29. The number of rotatable bonds is 2. The lowest BCUT2D eigenvalue weighted by atomic mass is 10.0. The van der Waals surface area contributed by atoms with Crippen molar-refractivity contribution >= 4 is 16.5 Å². The van der Waals surface area contributed by atoms with Crippen molar-refractivity contribution in [2.75, 3.05) is 19.0 Å². The van der Waals surface area contributed by atoms with Gasteiger partial charge in [0.1, 0.15) is 0 Å². The molecule has 0 saturated carbocycles. The summed E-state index contributed by atoms with van der Waals surface area (Å²) in [6, 6.07) is 17.2. The maximum absolute atomic E-state index is 4.06. The first-order valence-corrected chi connectivity index (χ1v) is 6.35. The second kappa shape index (κ2) is 4.73. The van der Waals surface area contributed by atoms with E-state index in [2.05, 4.69) is 60.4 Å². The molecule has 0 aliphatic heterocycles. The van der Waals surface area contributed by atoms with Gasteiger partial charge in [0.05, 0.1) is 0 Å². The summed E-state index contributed by atoms with van der Waals surface area (Å²) < 4.78 is 0. The highest BCUT2D eigenvalue weighted by Gasteiger charge is 2.01. The van der Waals surface area contributed by atoms with Gasteiger partial charge in [-0.2, -0.15) is 0 Å². The molecule has 0 aliphatic rings. The zero-order chi connectivity index (χ0) is 13.2. The third-order valence-corrected chi connectivity index (χ3v) is 3.35. The summed E-state index contributed by atoms with van der Waals surface area (Å²) in [5, 5.41) is 2.53. The van der Waals surface area contributed by atoms with E-state index in [0.29, 0.717) is 0 Å². The lowest BCUT2D eigenvalue weighted by Gasteiger charge is -2.13. The van der Waals surface area contributed by atoms with Gasteiger partial charge in [-0.3, -0.25) is 4.98 Å². The first-order chi connectivity index (χ1) is 9.24. The van der Waals surface area contributed by atoms with Crippen LogP contribution in [0.25, 0.3) is 21.9 Å². The average molecular weight is 248 g/mol. The van der Waals surface area contributed by atoms with Gasteiger partial charge < -0.3 is 4.90 Å². The number of hydrogen-bond donors (Lipinski definition) is 0. The highest BCUT2D eigenvalue weighted by atomic mass is 15.1. The molecule has 2 heteroatoms. The van der Waals surface area contributed by atoms with E-state index in [4.69, 9.17) is 0 Å². The van der Waals surface area contributed by atoms with E-state index in [1.54, 1.807) is 0 Å². The quantitative estimate of drug-likeness (QED) is 0.682. The second-order valence-corrected chi connectivity index (χ2v) is 4.88. The van der Waals surface area contributed by atoms with Crippen molar-refractivity contribution < 1.29 is 0 Å². The van der Waals surface area contributed by atoms with Gasteiger partial charge in [0, 0.05) is 32.2 Å². The Morgan fingerprint density at radius 2 is 1.42 bits per heavy atom. The summed E-state index contributed by atoms with van der Waals surface area (Å²) in [5.74, 6) is 0. The summed E-state index contributed by atoms with van der Waals surface area (Å²) in [6.45, 7) is 0. The van der Waals surface area contributed by atoms with Crippen LogP contribution in [-0.2, 0) is 0 Å². The molecule has 19 heavy (non-hydrogen) atoms. The Balaban J connectivity index is 2.10. The van der Waals surface area contributed by atoms with Gasteiger partial charge in [-0.1, -0.05) is 18.2 Å². The minimum Gasteiger partial charge on any atom is -0.378 e. The Labute approximate surface area is 113 Å². The topological polar surface area (TPSA) is 16.1 Å². The maximum Gasteiger partial charge on any atom is 0.0367 e. The van der Waals surface area contributed by atoms with Gasteiger partial charge in [-0.25, -0.2) is 0 Å². The van der Waals surface area contributed by atoms with Crippen LogP contribution in [0.4, 0.5) is 5.69 Å². The van der Waals surface area contributed by atoms with Crippen LogP contribution >= 0.6 is 0 Å². The largest absolute Gasteiger partial charge is 0.378 e. The minimum absolute atomic E-state index is 1.20. The first-order valence-electron chi connectivity index (χ1n) is 6.35. The monoisotopic (exact) mass is 248 g/mol. The molecule has 2 nitrogen and oxygen atoms in total. The lowest BCUT2D eigenvalue weighted by molar-refractivity contribution is 1.14. The molecule has 0 fully saturated rings. The zero-order valence-corrected chi connectivity index (χ0v) is 11.2. The van der Waals surface area contributed by atoms with Crippen LogP contribution in [0.2, 0.25) is 0 Å². The first kappa shape index (κ1) is 11.7. The van der Waals surface area contributed by atoms with Crippen LogP contribution < -0.4 is 4.90 Å². The van der Waals surface area contributed by atoms with Crippen molar-refractivity contribution in [1.29, 1.82) is 0 Å². The van der Waals surface area contributed by atoms with E-state index in [0.717, 1.165) is 0 Å². The van der Waals surface area contributed by atoms with Crippen molar-refractivity contribution in [3.8, 4) is 11.1 Å². The molecule has 1 heterocycles. The number of fused-ring (bicyclic) bond motifs is 1. The predicted octanol–water partition coefficient (Wildman–Crippen LogP) is 3.97. The van der Waals surface area contributed by atoms with E-state index in [9.17, 15) is 0 Å². The Morgan fingerprint density at radius 3 is 2.16 bits per heavy atom. The molecule has 3 aromatic rings. The Kier molecular flexibility index (Phi) is 2.92. The van der Waals surface area contributed by atoms with Crippen molar-refractivity contribution in [3.05, 3.63) is 60.9 Å². The van der Waals surface area contributed by atoms with Crippen LogP contribution in [0.5, 0.6) is 0 Å². The fourth-order valence-electron chi connectivity index (χ4n) is 2.24. The molecular formula is C17H16N2. The zero-order valence-electron chi connectivity index (χ0n) is 11.2. The van der Waals surface area contributed by atoms with Crippen molar-refractivity contribution in [3.63, 3.8) is 0 Å². The van der Waals surface area contributed by atoms with Crippen LogP contribution in [0, 0.1) is 0 Å². The molecule has 3 rings (SSSR count). The van der Waals surface area contributed by atoms with Gasteiger partial charge in [-0.15, -0.1) is 0 Å². The van der Waals surface area contributed by atoms with Gasteiger partial charge in [-0.05, 0) is 52.2 Å². The Morgan fingerprint density at radius 1 is 0.737 bits per heavy atom. The molecule has 0 amide bonds. The molecule has 0 spiro atoms. The fourth-order valence-corrected chi connectivity index (χ4v) is 2.24. The summed E-state index contributed by atoms with van der Waals surface area (Å²) in [6.07, 6.45) is 3.66. The second-order valence-electron chi connectivity index (χ2n) is 4.88. The van der Waals surface area contributed by atoms with E-state index in [1.807, 2.05) is 24.5 Å². The van der Waals surface area contributed by atoms with Crippen molar-refractivity contribution in [2.24, 2.45) is 0 Å². The summed E-state index contributed by atoms with van der Waals surface area (Å²) >= 11 is 0. The highest BCUT2D eigenvalue weighted by Crippen LogP contribution is 2.26. The molecule has 0 unspecified atom stereocenters. The van der Waals surface area contributed by atoms with Gasteiger partial charge in [0.15, 0.2) is 0 Å². The normalized spacial score (nSPS) is 10.6. The number of nitrogens with zero attached hydrogens (tertiary/aromatic N) is 2. The molecular weight excluding hydrogens is 232 g/mol. The summed E-state index contributed by atoms with van der Waals surface area (Å²) in [5.41, 5.74) is 3.66. The highest BCUT2D eigenvalue weighted by molar-refractivity contribution is 5.89. The van der Waals surface area contributed by atoms with Crippen LogP contribution in [0.15, 0.2) is 60.9 Å². The maximum atomic E-state index is 4.06. The molecule has 0 atom stereocenters. The Hall–Kier alpha value is -2.35. The molecule has 94 valence electrons. The molecule has 0 N–H and O–H groups in total. The van der Waals surface area contributed by atoms with Crippen LogP contribution in [0.3, 0.4) is 0 Å². The summed E-state index contributed by atoms with van der Waals surface area (Å²) in [7, 11) is 4.12. The van der Waals surface area contributed by atoms with E-state index < -0.39 is 0 Å². The SMILES string of the molecule is CN(C)c1ccc2cc(-c3ccncc3)ccc2c1. The molecule has 1 aromatic heterocycles. The average Bonchev–Trinajstić information content (AvgIpc) is 2.47. The Bertz CT molecular complexity index is 703. The van der Waals surface area contributed by atoms with Crippen LogP contribution in [-0.4, -0.2) is 19.1 Å². The predicted molar refractivity (Wildman–Crippen MR) is 81.5 cm³/mol. The van der Waals surface area contributed by atoms with Crippen LogP contribution in [0.1, 0.15) is 0 Å². The number of benzene rings is 2. The number of anilines is 1. The van der Waals surface area contributed by atoms with Gasteiger partial charge >= 0.3 is 0 Å². The van der Waals surface area contributed by atoms with E-state index in [-0.39, 0.29) is 0 Å². The fraction of sp³-hybridized carbons (Fsp3) is 0.118. The molecule has 0 radical (unpaired) electrons. The smallest absolute Gasteiger partial charge is 0.0367 e. The molecule has 0 saturated heterocycles. The van der Waals surface area contributed by atoms with Crippen molar-refractivity contribution in [1.82, 2.24) is 4.98 Å².